The van der Waals surface area contributed by atoms with E-state index in [0.717, 1.165) is 5.56 Å². The van der Waals surface area contributed by atoms with Crippen LogP contribution < -0.4 is 5.73 Å². The number of aryl methyl sites for hydroxylation is 1. The molecule has 1 saturated heterocycles. The highest BCUT2D eigenvalue weighted by Crippen LogP contribution is 2.28. The third-order valence-corrected chi connectivity index (χ3v) is 6.09. The number of rotatable bonds is 2. The Bertz CT molecular complexity index is 662. The number of amides is 1. The largest absolute Gasteiger partial charge is 0.398 e. The van der Waals surface area contributed by atoms with Crippen molar-refractivity contribution in [2.75, 3.05) is 31.9 Å². The molecule has 0 spiro atoms. The first-order valence-corrected chi connectivity index (χ1v) is 8.30. The van der Waals surface area contributed by atoms with Crippen LogP contribution in [0.3, 0.4) is 0 Å². The fourth-order valence-corrected chi connectivity index (χ4v) is 4.34. The maximum absolute atomic E-state index is 12.8. The zero-order chi connectivity index (χ0) is 15.8. The summed E-state index contributed by atoms with van der Waals surface area (Å²) in [7, 11) is -3.62. The molecular formula is C14H21N3O3S. The van der Waals surface area contributed by atoms with Crippen LogP contribution in [0.25, 0.3) is 0 Å². The molecule has 0 unspecified atom stereocenters. The summed E-state index contributed by atoms with van der Waals surface area (Å²) in [5.41, 5.74) is 7.74. The predicted molar refractivity (Wildman–Crippen MR) is 81.3 cm³/mol. The van der Waals surface area contributed by atoms with Gasteiger partial charge in [0.05, 0.1) is 5.69 Å². The standard InChI is InChI=1S/C14H21N3O3S/c1-10-4-5-13(15)14(11(10)2)21(19,20)17-8-6-16(7-9-17)12(3)18/h4-5H,6-9,15H2,1-3H3. The summed E-state index contributed by atoms with van der Waals surface area (Å²) in [5, 5.41) is 0. The SMILES string of the molecule is CC(=O)N1CCN(S(=O)(=O)c2c(N)ccc(C)c2C)CC1. The minimum atomic E-state index is -3.62. The zero-order valence-electron chi connectivity index (χ0n) is 12.6. The Morgan fingerprint density at radius 3 is 2.24 bits per heavy atom. The maximum atomic E-state index is 12.8. The zero-order valence-corrected chi connectivity index (χ0v) is 13.4. The van der Waals surface area contributed by atoms with E-state index in [9.17, 15) is 13.2 Å². The average molecular weight is 311 g/mol. The number of nitrogens with zero attached hydrogens (tertiary/aromatic N) is 2. The maximum Gasteiger partial charge on any atom is 0.245 e. The highest BCUT2D eigenvalue weighted by atomic mass is 32.2. The number of benzene rings is 1. The van der Waals surface area contributed by atoms with E-state index in [0.29, 0.717) is 31.7 Å². The fourth-order valence-electron chi connectivity index (χ4n) is 2.53. The van der Waals surface area contributed by atoms with Gasteiger partial charge >= 0.3 is 0 Å². The molecule has 1 aromatic carbocycles. The normalized spacial score (nSPS) is 17.0. The molecule has 0 aromatic heterocycles. The molecule has 0 saturated carbocycles. The van der Waals surface area contributed by atoms with Crippen LogP contribution >= 0.6 is 0 Å². The van der Waals surface area contributed by atoms with E-state index in [4.69, 9.17) is 5.73 Å². The third kappa shape index (κ3) is 2.89. The Balaban J connectivity index is 2.32. The van der Waals surface area contributed by atoms with Crippen molar-refractivity contribution in [2.24, 2.45) is 0 Å². The lowest BCUT2D eigenvalue weighted by Gasteiger charge is -2.34. The molecule has 0 radical (unpaired) electrons. The number of nitrogens with two attached hydrogens (primary N) is 1. The second-order valence-electron chi connectivity index (χ2n) is 5.34. The lowest BCUT2D eigenvalue weighted by molar-refractivity contribution is -0.129. The van der Waals surface area contributed by atoms with Gasteiger partial charge in [-0.15, -0.1) is 0 Å². The van der Waals surface area contributed by atoms with Crippen molar-refractivity contribution in [3.63, 3.8) is 0 Å². The monoisotopic (exact) mass is 311 g/mol. The smallest absolute Gasteiger partial charge is 0.245 e. The van der Waals surface area contributed by atoms with Crippen LogP contribution in [0.15, 0.2) is 17.0 Å². The van der Waals surface area contributed by atoms with Gasteiger partial charge in [0.15, 0.2) is 0 Å². The quantitative estimate of drug-likeness (QED) is 0.817. The minimum Gasteiger partial charge on any atom is -0.398 e. The van der Waals surface area contributed by atoms with Crippen LogP contribution in [0, 0.1) is 13.8 Å². The summed E-state index contributed by atoms with van der Waals surface area (Å²) < 4.78 is 27.0. The van der Waals surface area contributed by atoms with E-state index >= 15 is 0 Å². The van der Waals surface area contributed by atoms with Crippen molar-refractivity contribution in [1.82, 2.24) is 9.21 Å². The van der Waals surface area contributed by atoms with Crippen LogP contribution in [0.4, 0.5) is 5.69 Å². The van der Waals surface area contributed by atoms with E-state index in [2.05, 4.69) is 0 Å². The molecule has 2 rings (SSSR count). The van der Waals surface area contributed by atoms with Gasteiger partial charge in [0.1, 0.15) is 4.90 Å². The highest BCUT2D eigenvalue weighted by Gasteiger charge is 2.32. The van der Waals surface area contributed by atoms with E-state index in [1.807, 2.05) is 13.0 Å². The van der Waals surface area contributed by atoms with Gasteiger partial charge in [0, 0.05) is 33.1 Å². The number of carbonyl (C=O) groups is 1. The number of hydrogen-bond acceptors (Lipinski definition) is 4. The average Bonchev–Trinajstić information content (AvgIpc) is 2.43. The van der Waals surface area contributed by atoms with E-state index in [1.165, 1.54) is 11.2 Å². The van der Waals surface area contributed by atoms with Gasteiger partial charge in [0.25, 0.3) is 0 Å². The van der Waals surface area contributed by atoms with Crippen molar-refractivity contribution in [2.45, 2.75) is 25.7 Å². The number of anilines is 1. The Morgan fingerprint density at radius 2 is 1.71 bits per heavy atom. The molecule has 2 N–H and O–H groups in total. The van der Waals surface area contributed by atoms with Crippen LogP contribution in [0.5, 0.6) is 0 Å². The minimum absolute atomic E-state index is 0.0294. The van der Waals surface area contributed by atoms with Crippen molar-refractivity contribution in [3.8, 4) is 0 Å². The first-order chi connectivity index (χ1) is 9.75. The molecule has 0 atom stereocenters. The Kier molecular flexibility index (Phi) is 4.25. The Labute approximate surface area is 125 Å². The highest BCUT2D eigenvalue weighted by molar-refractivity contribution is 7.89. The van der Waals surface area contributed by atoms with E-state index in [-0.39, 0.29) is 16.5 Å². The molecule has 21 heavy (non-hydrogen) atoms. The van der Waals surface area contributed by atoms with Gasteiger partial charge in [0.2, 0.25) is 15.9 Å². The van der Waals surface area contributed by atoms with Gasteiger partial charge in [-0.3, -0.25) is 4.79 Å². The lowest BCUT2D eigenvalue weighted by atomic mass is 10.1. The van der Waals surface area contributed by atoms with E-state index in [1.54, 1.807) is 17.9 Å². The molecule has 1 heterocycles. The number of carbonyl (C=O) groups excluding carboxylic acids is 1. The molecular weight excluding hydrogens is 290 g/mol. The summed E-state index contributed by atoms with van der Waals surface area (Å²) >= 11 is 0. The van der Waals surface area contributed by atoms with Gasteiger partial charge in [-0.25, -0.2) is 8.42 Å². The van der Waals surface area contributed by atoms with Crippen LogP contribution in [0.1, 0.15) is 18.1 Å². The summed E-state index contributed by atoms with van der Waals surface area (Å²) in [6.45, 7) is 6.56. The number of nitrogen functional groups attached to an aromatic ring is 1. The third-order valence-electron chi connectivity index (χ3n) is 3.99. The van der Waals surface area contributed by atoms with Gasteiger partial charge in [-0.2, -0.15) is 4.31 Å². The Morgan fingerprint density at radius 1 is 1.14 bits per heavy atom. The van der Waals surface area contributed by atoms with E-state index < -0.39 is 10.0 Å². The van der Waals surface area contributed by atoms with Crippen molar-refractivity contribution in [3.05, 3.63) is 23.3 Å². The first-order valence-electron chi connectivity index (χ1n) is 6.86. The molecule has 1 aliphatic rings. The van der Waals surface area contributed by atoms with Crippen LogP contribution in [-0.2, 0) is 14.8 Å². The molecule has 1 amide bonds. The van der Waals surface area contributed by atoms with Crippen molar-refractivity contribution in [1.29, 1.82) is 0 Å². The number of sulfonamides is 1. The number of hydrogen-bond donors (Lipinski definition) is 1. The summed E-state index contributed by atoms with van der Waals surface area (Å²) in [6, 6.07) is 3.44. The molecule has 0 aliphatic carbocycles. The second kappa shape index (κ2) is 5.65. The lowest BCUT2D eigenvalue weighted by Crippen LogP contribution is -2.50. The number of piperazine rings is 1. The van der Waals surface area contributed by atoms with Gasteiger partial charge < -0.3 is 10.6 Å². The van der Waals surface area contributed by atoms with Crippen LogP contribution in [-0.4, -0.2) is 49.7 Å². The molecule has 1 aliphatic heterocycles. The topological polar surface area (TPSA) is 83.7 Å². The van der Waals surface area contributed by atoms with Gasteiger partial charge in [-0.1, -0.05) is 6.07 Å². The summed E-state index contributed by atoms with van der Waals surface area (Å²) in [6.07, 6.45) is 0. The molecule has 0 bridgehead atoms. The molecule has 1 fully saturated rings. The fraction of sp³-hybridized carbons (Fsp3) is 0.500. The summed E-state index contributed by atoms with van der Waals surface area (Å²) in [5.74, 6) is -0.0294. The second-order valence-corrected chi connectivity index (χ2v) is 7.21. The predicted octanol–water partition coefficient (Wildman–Crippen LogP) is 0.738. The van der Waals surface area contributed by atoms with Crippen molar-refractivity contribution >= 4 is 21.6 Å². The Hall–Kier alpha value is -1.60. The molecule has 1 aromatic rings. The van der Waals surface area contributed by atoms with Crippen molar-refractivity contribution < 1.29 is 13.2 Å². The molecule has 6 nitrogen and oxygen atoms in total. The molecule has 7 heteroatoms. The first kappa shape index (κ1) is 15.8. The van der Waals surface area contributed by atoms with Gasteiger partial charge in [-0.05, 0) is 31.0 Å². The van der Waals surface area contributed by atoms with Crippen LogP contribution in [0.2, 0.25) is 0 Å². The summed E-state index contributed by atoms with van der Waals surface area (Å²) in [4.78, 5) is 13.2. The molecule has 116 valence electrons.